The SMILES string of the molecule is Brc1ccc(C2C=CCCC2)cc1. The molecule has 1 aliphatic carbocycles. The van der Waals surface area contributed by atoms with Gasteiger partial charge < -0.3 is 0 Å². The minimum absolute atomic E-state index is 0.654. The maximum atomic E-state index is 3.45. The first-order valence-corrected chi connectivity index (χ1v) is 5.58. The second-order valence-electron chi connectivity index (χ2n) is 3.52. The molecule has 1 aromatic rings. The van der Waals surface area contributed by atoms with E-state index in [2.05, 4.69) is 52.3 Å². The van der Waals surface area contributed by atoms with Gasteiger partial charge in [-0.3, -0.25) is 0 Å². The molecule has 1 atom stereocenters. The minimum atomic E-state index is 0.654. The Bertz CT molecular complexity index is 297. The summed E-state index contributed by atoms with van der Waals surface area (Å²) in [6, 6.07) is 8.67. The Hall–Kier alpha value is -0.560. The molecular weight excluding hydrogens is 224 g/mol. The lowest BCUT2D eigenvalue weighted by Crippen LogP contribution is -1.98. The van der Waals surface area contributed by atoms with E-state index in [1.807, 2.05) is 0 Å². The number of allylic oxidation sites excluding steroid dienone is 2. The number of benzene rings is 1. The van der Waals surface area contributed by atoms with Crippen molar-refractivity contribution in [2.75, 3.05) is 0 Å². The van der Waals surface area contributed by atoms with Gasteiger partial charge >= 0.3 is 0 Å². The Kier molecular flexibility index (Phi) is 2.84. The standard InChI is InChI=1S/C12H13Br/c13-12-8-6-11(7-9-12)10-4-2-1-3-5-10/h2,4,6-10H,1,3,5H2. The molecule has 0 bridgehead atoms. The van der Waals surface area contributed by atoms with Gasteiger partial charge in [0.2, 0.25) is 0 Å². The number of hydrogen-bond donors (Lipinski definition) is 0. The summed E-state index contributed by atoms with van der Waals surface area (Å²) in [6.45, 7) is 0. The molecule has 0 N–H and O–H groups in total. The monoisotopic (exact) mass is 236 g/mol. The molecule has 0 saturated heterocycles. The quantitative estimate of drug-likeness (QED) is 0.639. The van der Waals surface area contributed by atoms with Gasteiger partial charge in [0.1, 0.15) is 0 Å². The van der Waals surface area contributed by atoms with Crippen molar-refractivity contribution in [3.05, 3.63) is 46.5 Å². The van der Waals surface area contributed by atoms with Crippen LogP contribution in [0.1, 0.15) is 30.7 Å². The molecule has 1 aromatic carbocycles. The van der Waals surface area contributed by atoms with E-state index in [4.69, 9.17) is 0 Å². The van der Waals surface area contributed by atoms with E-state index in [-0.39, 0.29) is 0 Å². The van der Waals surface area contributed by atoms with Crippen LogP contribution in [0.5, 0.6) is 0 Å². The number of hydrogen-bond acceptors (Lipinski definition) is 0. The van der Waals surface area contributed by atoms with Crippen LogP contribution in [-0.4, -0.2) is 0 Å². The molecule has 1 aliphatic rings. The van der Waals surface area contributed by atoms with Crippen LogP contribution in [0.4, 0.5) is 0 Å². The Morgan fingerprint density at radius 2 is 1.92 bits per heavy atom. The summed E-state index contributed by atoms with van der Waals surface area (Å²) in [4.78, 5) is 0. The van der Waals surface area contributed by atoms with Crippen LogP contribution in [0.25, 0.3) is 0 Å². The van der Waals surface area contributed by atoms with Crippen molar-refractivity contribution < 1.29 is 0 Å². The van der Waals surface area contributed by atoms with Crippen molar-refractivity contribution in [2.45, 2.75) is 25.2 Å². The Morgan fingerprint density at radius 3 is 2.54 bits per heavy atom. The van der Waals surface area contributed by atoms with Crippen LogP contribution < -0.4 is 0 Å². The van der Waals surface area contributed by atoms with Crippen LogP contribution in [0.3, 0.4) is 0 Å². The summed E-state index contributed by atoms with van der Waals surface area (Å²) in [5, 5.41) is 0. The first-order valence-electron chi connectivity index (χ1n) is 4.78. The van der Waals surface area contributed by atoms with Gasteiger partial charge in [-0.1, -0.05) is 40.2 Å². The van der Waals surface area contributed by atoms with Gasteiger partial charge in [0, 0.05) is 10.4 Å². The van der Waals surface area contributed by atoms with Crippen LogP contribution in [0, 0.1) is 0 Å². The predicted octanol–water partition coefficient (Wildman–Crippen LogP) is 4.27. The van der Waals surface area contributed by atoms with E-state index >= 15 is 0 Å². The largest absolute Gasteiger partial charge is 0.0879 e. The zero-order valence-electron chi connectivity index (χ0n) is 7.54. The topological polar surface area (TPSA) is 0 Å². The van der Waals surface area contributed by atoms with Crippen molar-refractivity contribution >= 4 is 15.9 Å². The highest BCUT2D eigenvalue weighted by molar-refractivity contribution is 9.10. The number of rotatable bonds is 1. The van der Waals surface area contributed by atoms with Gasteiger partial charge in [-0.25, -0.2) is 0 Å². The Morgan fingerprint density at radius 1 is 1.15 bits per heavy atom. The summed E-state index contributed by atoms with van der Waals surface area (Å²) >= 11 is 3.45. The average molecular weight is 237 g/mol. The summed E-state index contributed by atoms with van der Waals surface area (Å²) in [7, 11) is 0. The first kappa shape index (κ1) is 9.01. The van der Waals surface area contributed by atoms with Gasteiger partial charge in [0.25, 0.3) is 0 Å². The normalized spacial score (nSPS) is 21.8. The second-order valence-corrected chi connectivity index (χ2v) is 4.43. The van der Waals surface area contributed by atoms with Crippen LogP contribution in [0.15, 0.2) is 40.9 Å². The molecule has 13 heavy (non-hydrogen) atoms. The van der Waals surface area contributed by atoms with Gasteiger partial charge in [0.15, 0.2) is 0 Å². The molecule has 68 valence electrons. The second kappa shape index (κ2) is 4.10. The van der Waals surface area contributed by atoms with E-state index in [1.54, 1.807) is 0 Å². The van der Waals surface area contributed by atoms with E-state index in [0.29, 0.717) is 5.92 Å². The van der Waals surface area contributed by atoms with Crippen LogP contribution in [-0.2, 0) is 0 Å². The van der Waals surface area contributed by atoms with Gasteiger partial charge in [-0.2, -0.15) is 0 Å². The zero-order chi connectivity index (χ0) is 9.10. The maximum Gasteiger partial charge on any atom is 0.0175 e. The maximum absolute atomic E-state index is 3.45. The molecule has 1 heteroatoms. The lowest BCUT2D eigenvalue weighted by molar-refractivity contribution is 0.654. The van der Waals surface area contributed by atoms with Crippen molar-refractivity contribution in [1.29, 1.82) is 0 Å². The smallest absolute Gasteiger partial charge is 0.0175 e. The molecule has 1 unspecified atom stereocenters. The van der Waals surface area contributed by atoms with Gasteiger partial charge in [-0.05, 0) is 37.0 Å². The fourth-order valence-corrected chi connectivity index (χ4v) is 2.06. The van der Waals surface area contributed by atoms with Crippen LogP contribution in [0.2, 0.25) is 0 Å². The third-order valence-electron chi connectivity index (χ3n) is 2.55. The number of halogens is 1. The molecule has 2 rings (SSSR count). The lowest BCUT2D eigenvalue weighted by Gasteiger charge is -2.16. The lowest BCUT2D eigenvalue weighted by atomic mass is 9.89. The van der Waals surface area contributed by atoms with Gasteiger partial charge in [0.05, 0.1) is 0 Å². The van der Waals surface area contributed by atoms with Crippen molar-refractivity contribution in [3.8, 4) is 0 Å². The molecule has 0 spiro atoms. The highest BCUT2D eigenvalue weighted by Gasteiger charge is 2.09. The highest BCUT2D eigenvalue weighted by Crippen LogP contribution is 2.28. The molecule has 0 radical (unpaired) electrons. The fraction of sp³-hybridized carbons (Fsp3) is 0.333. The summed E-state index contributed by atoms with van der Waals surface area (Å²) in [5.74, 6) is 0.654. The predicted molar refractivity (Wildman–Crippen MR) is 59.9 cm³/mol. The molecule has 0 fully saturated rings. The van der Waals surface area contributed by atoms with Crippen molar-refractivity contribution in [2.24, 2.45) is 0 Å². The molecule has 0 aromatic heterocycles. The summed E-state index contributed by atoms with van der Waals surface area (Å²) in [5.41, 5.74) is 1.44. The molecule has 0 amide bonds. The first-order chi connectivity index (χ1) is 6.36. The van der Waals surface area contributed by atoms with E-state index in [9.17, 15) is 0 Å². The molecule has 0 nitrogen and oxygen atoms in total. The third-order valence-corrected chi connectivity index (χ3v) is 3.08. The van der Waals surface area contributed by atoms with Crippen LogP contribution >= 0.6 is 15.9 Å². The molecule has 0 aliphatic heterocycles. The third kappa shape index (κ3) is 2.22. The molecule has 0 saturated carbocycles. The highest BCUT2D eigenvalue weighted by atomic mass is 79.9. The summed E-state index contributed by atoms with van der Waals surface area (Å²) in [6.07, 6.45) is 8.53. The Balaban J connectivity index is 2.19. The van der Waals surface area contributed by atoms with E-state index < -0.39 is 0 Å². The molecular formula is C12H13Br. The van der Waals surface area contributed by atoms with Crippen molar-refractivity contribution in [1.82, 2.24) is 0 Å². The molecule has 0 heterocycles. The Labute approximate surface area is 87.8 Å². The van der Waals surface area contributed by atoms with Gasteiger partial charge in [-0.15, -0.1) is 0 Å². The fourth-order valence-electron chi connectivity index (χ4n) is 1.80. The van der Waals surface area contributed by atoms with E-state index in [1.165, 1.54) is 24.8 Å². The minimum Gasteiger partial charge on any atom is -0.0879 e. The average Bonchev–Trinajstić information content (AvgIpc) is 2.20. The van der Waals surface area contributed by atoms with Crippen molar-refractivity contribution in [3.63, 3.8) is 0 Å². The summed E-state index contributed by atoms with van der Waals surface area (Å²) < 4.78 is 1.16. The zero-order valence-corrected chi connectivity index (χ0v) is 9.13. The van der Waals surface area contributed by atoms with E-state index in [0.717, 1.165) is 4.47 Å².